The molecule has 5 aromatic carbocycles. The van der Waals surface area contributed by atoms with E-state index in [-0.39, 0.29) is 38.9 Å². The van der Waals surface area contributed by atoms with Crippen molar-refractivity contribution in [2.75, 3.05) is 0 Å². The molecule has 0 atom stereocenters. The van der Waals surface area contributed by atoms with Gasteiger partial charge in [-0.1, -0.05) is 42.5 Å². The molecule has 0 fully saturated rings. The predicted octanol–water partition coefficient (Wildman–Crippen LogP) is 5.12. The van der Waals surface area contributed by atoms with E-state index in [2.05, 4.69) is 0 Å². The van der Waals surface area contributed by atoms with E-state index in [0.29, 0.717) is 33.0 Å². The van der Waals surface area contributed by atoms with Crippen LogP contribution in [-0.2, 0) is 20.2 Å². The lowest BCUT2D eigenvalue weighted by atomic mass is 9.93. The van der Waals surface area contributed by atoms with Crippen LogP contribution in [0.2, 0.25) is 0 Å². The van der Waals surface area contributed by atoms with Gasteiger partial charge in [-0.05, 0) is 47.2 Å². The summed E-state index contributed by atoms with van der Waals surface area (Å²) in [6, 6.07) is 18.9. The molecular weight excluding hydrogens is 532 g/mol. The van der Waals surface area contributed by atoms with E-state index in [1.807, 2.05) is 0 Å². The lowest BCUT2D eigenvalue weighted by Crippen LogP contribution is -2.06. The van der Waals surface area contributed by atoms with Crippen LogP contribution in [0.25, 0.3) is 54.6 Å². The number of phenolic OH excluding ortho intramolecular Hbond substituents is 1. The van der Waals surface area contributed by atoms with Gasteiger partial charge >= 0.3 is 0 Å². The topological polar surface area (TPSA) is 159 Å². The van der Waals surface area contributed by atoms with Gasteiger partial charge in [-0.25, -0.2) is 0 Å². The van der Waals surface area contributed by atoms with Gasteiger partial charge in [0.25, 0.3) is 20.2 Å². The minimum Gasteiger partial charge on any atom is -0.507 e. The number of phenols is 1. The quantitative estimate of drug-likeness (QED) is 0.155. The third kappa shape index (κ3) is 3.63. The summed E-state index contributed by atoms with van der Waals surface area (Å²) >= 11 is 0. The van der Waals surface area contributed by atoms with Gasteiger partial charge < -0.3 is 9.52 Å². The molecule has 6 rings (SSSR count). The maximum atomic E-state index is 12.9. The lowest BCUT2D eigenvalue weighted by molar-refractivity contribution is 0.479. The zero-order valence-electron chi connectivity index (χ0n) is 19.1. The van der Waals surface area contributed by atoms with Crippen molar-refractivity contribution in [3.8, 4) is 16.9 Å². The lowest BCUT2D eigenvalue weighted by Gasteiger charge is -2.16. The van der Waals surface area contributed by atoms with Crippen LogP contribution in [-0.4, -0.2) is 31.0 Å². The van der Waals surface area contributed by atoms with Crippen molar-refractivity contribution < 1.29 is 35.5 Å². The van der Waals surface area contributed by atoms with Crippen molar-refractivity contribution in [2.45, 2.75) is 9.79 Å². The maximum absolute atomic E-state index is 12.9. The number of hydrogen-bond donors (Lipinski definition) is 3. The van der Waals surface area contributed by atoms with Crippen molar-refractivity contribution >= 4 is 63.7 Å². The molecule has 11 heteroatoms. The first-order valence-electron chi connectivity index (χ1n) is 11.1. The highest BCUT2D eigenvalue weighted by molar-refractivity contribution is 7.86. The molecule has 0 unspecified atom stereocenters. The van der Waals surface area contributed by atoms with Crippen LogP contribution in [0.15, 0.2) is 97.9 Å². The molecule has 38 heavy (non-hydrogen) atoms. The van der Waals surface area contributed by atoms with E-state index >= 15 is 0 Å². The Balaban J connectivity index is 1.93. The first-order valence-corrected chi connectivity index (χ1v) is 14.0. The first kappa shape index (κ1) is 24.1. The molecule has 3 N–H and O–H groups in total. The van der Waals surface area contributed by atoms with Gasteiger partial charge in [0, 0.05) is 21.9 Å². The summed E-state index contributed by atoms with van der Waals surface area (Å²) in [6.45, 7) is 0. The number of aromatic hydroxyl groups is 1. The maximum Gasteiger partial charge on any atom is 0.295 e. The Kier molecular flexibility index (Phi) is 5.13. The van der Waals surface area contributed by atoms with Gasteiger partial charge in [-0.15, -0.1) is 0 Å². The normalized spacial score (nSPS) is 12.6. The fourth-order valence-corrected chi connectivity index (χ4v) is 6.17. The second-order valence-electron chi connectivity index (χ2n) is 8.70. The summed E-state index contributed by atoms with van der Waals surface area (Å²) in [7, 11) is -9.83. The molecule has 6 aromatic rings. The molecule has 0 saturated heterocycles. The van der Waals surface area contributed by atoms with Gasteiger partial charge in [0.05, 0.1) is 15.7 Å². The second kappa shape index (κ2) is 8.10. The second-order valence-corrected chi connectivity index (χ2v) is 11.5. The fraction of sp³-hybridized carbons (Fsp3) is 0. The minimum absolute atomic E-state index is 0.103. The Morgan fingerprint density at radius 1 is 0.658 bits per heavy atom. The summed E-state index contributed by atoms with van der Waals surface area (Å²) in [5.74, 6) is -0.124. The summed E-state index contributed by atoms with van der Waals surface area (Å²) < 4.78 is 74.3. The van der Waals surface area contributed by atoms with Crippen LogP contribution in [0.4, 0.5) is 0 Å². The average Bonchev–Trinajstić information content (AvgIpc) is 2.85. The van der Waals surface area contributed by atoms with Crippen molar-refractivity contribution in [1.29, 1.82) is 0 Å². The number of benzene rings is 5. The molecule has 0 aliphatic heterocycles. The minimum atomic E-state index is -5.02. The largest absolute Gasteiger partial charge is 0.507 e. The summed E-state index contributed by atoms with van der Waals surface area (Å²) in [6.07, 6.45) is 0. The number of hydrogen-bond acceptors (Lipinski definition) is 7. The van der Waals surface area contributed by atoms with Crippen molar-refractivity contribution in [1.82, 2.24) is 0 Å². The Labute approximate surface area is 214 Å². The molecule has 1 aromatic heterocycles. The SMILES string of the molecule is O=c1cccc2ccc3c(-c4ccc(S(=O)(=O)O)cc4S(=O)(=O)O)c4ccc5cccc(O)c5c4oc3c12. The highest BCUT2D eigenvalue weighted by Crippen LogP contribution is 2.44. The van der Waals surface area contributed by atoms with Crippen LogP contribution < -0.4 is 5.43 Å². The zero-order valence-corrected chi connectivity index (χ0v) is 20.7. The van der Waals surface area contributed by atoms with E-state index in [9.17, 15) is 35.8 Å². The molecule has 0 saturated carbocycles. The van der Waals surface area contributed by atoms with Crippen LogP contribution in [0.3, 0.4) is 0 Å². The van der Waals surface area contributed by atoms with Gasteiger partial charge in [-0.3, -0.25) is 13.9 Å². The van der Waals surface area contributed by atoms with Crippen molar-refractivity contribution in [3.05, 3.63) is 89.1 Å². The van der Waals surface area contributed by atoms with Gasteiger partial charge in [0.2, 0.25) is 0 Å². The summed E-state index contributed by atoms with van der Waals surface area (Å²) in [5, 5.41) is 13.0. The van der Waals surface area contributed by atoms with E-state index < -0.39 is 30.0 Å². The Hall–Kier alpha value is -4.29. The van der Waals surface area contributed by atoms with E-state index in [0.717, 1.165) is 12.1 Å². The standard InChI is InChI=1S/C27H16O9S2/c28-20-5-1-3-14-7-10-18-25(17-12-9-16(37(30,31)32)13-22(17)38(33,34)35)19-11-8-15-4-2-6-21(29)24(15)27(19)36-26(18)23(14)20/h1-13,28H,(H,30,31,32)(H,33,34,35). The van der Waals surface area contributed by atoms with Gasteiger partial charge in [-0.2, -0.15) is 16.8 Å². The number of fused-ring (bicyclic) bond motifs is 6. The molecule has 1 heterocycles. The zero-order chi connectivity index (χ0) is 27.0. The highest BCUT2D eigenvalue weighted by atomic mass is 32.2. The van der Waals surface area contributed by atoms with Crippen molar-refractivity contribution in [3.63, 3.8) is 0 Å². The molecule has 0 spiro atoms. The third-order valence-electron chi connectivity index (χ3n) is 6.48. The average molecular weight is 549 g/mol. The van der Waals surface area contributed by atoms with E-state index in [4.69, 9.17) is 4.42 Å². The van der Waals surface area contributed by atoms with Crippen LogP contribution in [0.5, 0.6) is 5.75 Å². The Morgan fingerprint density at radius 2 is 1.26 bits per heavy atom. The molecule has 9 nitrogen and oxygen atoms in total. The van der Waals surface area contributed by atoms with E-state index in [1.165, 1.54) is 12.1 Å². The molecule has 0 bridgehead atoms. The molecular formula is C27H16O9S2. The first-order chi connectivity index (χ1) is 17.9. The summed E-state index contributed by atoms with van der Waals surface area (Å²) in [4.78, 5) is 11.4. The molecule has 190 valence electrons. The fourth-order valence-electron chi connectivity index (χ4n) is 4.87. The predicted molar refractivity (Wildman–Crippen MR) is 142 cm³/mol. The molecule has 0 amide bonds. The highest BCUT2D eigenvalue weighted by Gasteiger charge is 2.26. The molecule has 0 radical (unpaired) electrons. The Morgan fingerprint density at radius 3 is 1.89 bits per heavy atom. The number of rotatable bonds is 3. The van der Waals surface area contributed by atoms with Crippen LogP contribution in [0, 0.1) is 0 Å². The van der Waals surface area contributed by atoms with Crippen LogP contribution in [0.1, 0.15) is 0 Å². The van der Waals surface area contributed by atoms with Gasteiger partial charge in [0.15, 0.2) is 5.43 Å². The van der Waals surface area contributed by atoms with E-state index in [1.54, 1.807) is 48.5 Å². The van der Waals surface area contributed by atoms with Crippen LogP contribution >= 0.6 is 0 Å². The molecule has 0 aliphatic carbocycles. The van der Waals surface area contributed by atoms with Gasteiger partial charge in [0.1, 0.15) is 21.8 Å². The third-order valence-corrected chi connectivity index (χ3v) is 8.22. The Bertz CT molecular complexity index is 2270. The smallest absolute Gasteiger partial charge is 0.295 e. The monoisotopic (exact) mass is 548 g/mol. The van der Waals surface area contributed by atoms with Crippen molar-refractivity contribution in [2.24, 2.45) is 0 Å². The molecule has 0 aliphatic rings. The summed E-state index contributed by atoms with van der Waals surface area (Å²) in [5.41, 5.74) is -0.0249.